The first-order chi connectivity index (χ1) is 24.9. The molecule has 12 aromatic rings. The molecule has 0 radical (unpaired) electrons. The van der Waals surface area contributed by atoms with E-state index in [1.165, 1.54) is 121 Å². The van der Waals surface area contributed by atoms with Gasteiger partial charge in [-0.15, -0.1) is 0 Å². The van der Waals surface area contributed by atoms with E-state index < -0.39 is 0 Å². The van der Waals surface area contributed by atoms with Gasteiger partial charge >= 0.3 is 0 Å². The molecular formula is C48H26N2. The summed E-state index contributed by atoms with van der Waals surface area (Å²) in [5.74, 6) is 0. The van der Waals surface area contributed by atoms with E-state index in [0.717, 1.165) is 0 Å². The minimum atomic E-state index is 1.25. The first kappa shape index (κ1) is 25.4. The zero-order valence-corrected chi connectivity index (χ0v) is 26.9. The zero-order chi connectivity index (χ0) is 32.2. The SMILES string of the molecule is c1ccc2c(c1)-c1ccccc1-c1ccc3c4c5c6cccc7c8ccccc8n(c5cc5c8ccccc8n(c3c1-c1ccccc1-2)c54)c76. The monoisotopic (exact) mass is 630 g/mol. The summed E-state index contributed by atoms with van der Waals surface area (Å²) < 4.78 is 5.14. The van der Waals surface area contributed by atoms with Gasteiger partial charge in [0.25, 0.3) is 0 Å². The Morgan fingerprint density at radius 1 is 0.260 bits per heavy atom. The fraction of sp³-hybridized carbons (Fsp3) is 0. The summed E-state index contributed by atoms with van der Waals surface area (Å²) >= 11 is 0. The van der Waals surface area contributed by atoms with Gasteiger partial charge in [0.05, 0.1) is 33.1 Å². The Labute approximate surface area is 286 Å². The standard InChI is InChI=1S/C48H26N2/c1-2-13-28-27(12-1)29-14-3-4-16-31(29)35-24-25-38-45-44-37-21-11-20-36-32-17-7-9-22-40(32)49(46(36)37)42(44)26-39-33-18-8-10-23-41(33)50(48(39)45)47(38)43(35)34-19-6-5-15-30(28)34/h1-26H. The van der Waals surface area contributed by atoms with Crippen molar-refractivity contribution >= 4 is 76.2 Å². The van der Waals surface area contributed by atoms with E-state index in [9.17, 15) is 0 Å². The number of nitrogens with zero attached hydrogens (tertiary/aromatic N) is 2. The van der Waals surface area contributed by atoms with Gasteiger partial charge in [0.2, 0.25) is 0 Å². The molecule has 0 saturated heterocycles. The molecule has 0 amide bonds. The molecule has 228 valence electrons. The van der Waals surface area contributed by atoms with Gasteiger partial charge in [-0.1, -0.05) is 140 Å². The van der Waals surface area contributed by atoms with Crippen molar-refractivity contribution in [1.29, 1.82) is 0 Å². The molecule has 50 heavy (non-hydrogen) atoms. The molecule has 1 aliphatic rings. The number of fused-ring (bicyclic) bond motifs is 22. The lowest BCUT2D eigenvalue weighted by atomic mass is 9.80. The molecule has 0 fully saturated rings. The van der Waals surface area contributed by atoms with E-state index in [4.69, 9.17) is 0 Å². The second kappa shape index (κ2) is 8.68. The predicted molar refractivity (Wildman–Crippen MR) is 211 cm³/mol. The normalized spacial score (nSPS) is 12.8. The van der Waals surface area contributed by atoms with E-state index >= 15 is 0 Å². The number of aromatic nitrogens is 2. The summed E-state index contributed by atoms with van der Waals surface area (Å²) in [6.45, 7) is 0. The van der Waals surface area contributed by atoms with Crippen LogP contribution in [0.4, 0.5) is 0 Å². The Morgan fingerprint density at radius 2 is 0.760 bits per heavy atom. The van der Waals surface area contributed by atoms with Crippen molar-refractivity contribution in [2.24, 2.45) is 0 Å². The summed E-state index contributed by atoms with van der Waals surface area (Å²) in [4.78, 5) is 0. The summed E-state index contributed by atoms with van der Waals surface area (Å²) in [6, 6.07) is 59.0. The summed E-state index contributed by atoms with van der Waals surface area (Å²) in [7, 11) is 0. The van der Waals surface area contributed by atoms with E-state index in [1.54, 1.807) is 0 Å². The molecule has 4 aromatic heterocycles. The molecule has 2 nitrogen and oxygen atoms in total. The first-order valence-electron chi connectivity index (χ1n) is 17.5. The fourth-order valence-corrected chi connectivity index (χ4v) is 9.89. The van der Waals surface area contributed by atoms with Crippen molar-refractivity contribution in [2.45, 2.75) is 0 Å². The Balaban J connectivity index is 1.34. The lowest BCUT2D eigenvalue weighted by Crippen LogP contribution is -1.98. The highest BCUT2D eigenvalue weighted by molar-refractivity contribution is 6.39. The smallest absolute Gasteiger partial charge is 0.0628 e. The van der Waals surface area contributed by atoms with E-state index in [-0.39, 0.29) is 0 Å². The van der Waals surface area contributed by atoms with Crippen LogP contribution in [0.15, 0.2) is 158 Å². The van der Waals surface area contributed by atoms with Crippen LogP contribution in [0.2, 0.25) is 0 Å². The lowest BCUT2D eigenvalue weighted by molar-refractivity contribution is 1.36. The predicted octanol–water partition coefficient (Wildman–Crippen LogP) is 13.0. The van der Waals surface area contributed by atoms with Crippen molar-refractivity contribution in [3.8, 4) is 44.5 Å². The van der Waals surface area contributed by atoms with Gasteiger partial charge in [-0.25, -0.2) is 0 Å². The maximum Gasteiger partial charge on any atom is 0.0628 e. The lowest BCUT2D eigenvalue weighted by Gasteiger charge is -2.23. The molecule has 0 spiro atoms. The fourth-order valence-electron chi connectivity index (χ4n) is 9.89. The van der Waals surface area contributed by atoms with Gasteiger partial charge in [0.1, 0.15) is 0 Å². The van der Waals surface area contributed by atoms with Crippen molar-refractivity contribution in [1.82, 2.24) is 8.80 Å². The van der Waals surface area contributed by atoms with E-state index in [0.29, 0.717) is 0 Å². The Bertz CT molecular complexity index is 3420. The quantitative estimate of drug-likeness (QED) is 0.158. The van der Waals surface area contributed by atoms with Gasteiger partial charge in [-0.3, -0.25) is 0 Å². The molecule has 8 aromatic carbocycles. The number of hydrogen-bond donors (Lipinski definition) is 0. The largest absolute Gasteiger partial charge is 0.308 e. The van der Waals surface area contributed by atoms with Crippen LogP contribution >= 0.6 is 0 Å². The van der Waals surface area contributed by atoms with Gasteiger partial charge in [-0.05, 0) is 57.1 Å². The van der Waals surface area contributed by atoms with Gasteiger partial charge in [-0.2, -0.15) is 0 Å². The maximum absolute atomic E-state index is 2.60. The molecule has 0 N–H and O–H groups in total. The van der Waals surface area contributed by atoms with Gasteiger partial charge < -0.3 is 8.80 Å². The summed E-state index contributed by atoms with van der Waals surface area (Å²) in [6.07, 6.45) is 0. The average molecular weight is 631 g/mol. The Kier molecular flexibility index (Phi) is 4.41. The second-order valence-electron chi connectivity index (χ2n) is 14.0. The van der Waals surface area contributed by atoms with Crippen molar-refractivity contribution in [2.75, 3.05) is 0 Å². The molecule has 1 aliphatic carbocycles. The highest BCUT2D eigenvalue weighted by Gasteiger charge is 2.29. The summed E-state index contributed by atoms with van der Waals surface area (Å²) in [5.41, 5.74) is 17.9. The van der Waals surface area contributed by atoms with Gasteiger partial charge in [0.15, 0.2) is 0 Å². The third-order valence-corrected chi connectivity index (χ3v) is 11.7. The second-order valence-corrected chi connectivity index (χ2v) is 14.0. The molecule has 0 bridgehead atoms. The molecule has 0 aliphatic heterocycles. The Morgan fingerprint density at radius 3 is 1.46 bits per heavy atom. The topological polar surface area (TPSA) is 8.82 Å². The van der Waals surface area contributed by atoms with Gasteiger partial charge in [0, 0.05) is 48.7 Å². The highest BCUT2D eigenvalue weighted by atomic mass is 14.9. The van der Waals surface area contributed by atoms with E-state index in [1.807, 2.05) is 0 Å². The van der Waals surface area contributed by atoms with Crippen molar-refractivity contribution in [3.05, 3.63) is 158 Å². The van der Waals surface area contributed by atoms with Crippen LogP contribution in [0.3, 0.4) is 0 Å². The Hall–Kier alpha value is -6.64. The van der Waals surface area contributed by atoms with Crippen molar-refractivity contribution in [3.63, 3.8) is 0 Å². The van der Waals surface area contributed by atoms with Crippen molar-refractivity contribution < 1.29 is 0 Å². The molecular weight excluding hydrogens is 605 g/mol. The molecule has 4 heterocycles. The zero-order valence-electron chi connectivity index (χ0n) is 26.9. The number of benzene rings is 8. The number of para-hydroxylation sites is 3. The van der Waals surface area contributed by atoms with Crippen LogP contribution in [0.1, 0.15) is 0 Å². The number of hydrogen-bond acceptors (Lipinski definition) is 0. The molecule has 0 saturated carbocycles. The minimum Gasteiger partial charge on any atom is -0.308 e. The maximum atomic E-state index is 2.60. The average Bonchev–Trinajstić information content (AvgIpc) is 3.90. The van der Waals surface area contributed by atoms with Crippen LogP contribution in [0.25, 0.3) is 121 Å². The third kappa shape index (κ3) is 2.79. The van der Waals surface area contributed by atoms with Crippen LogP contribution in [0.5, 0.6) is 0 Å². The minimum absolute atomic E-state index is 1.25. The third-order valence-electron chi connectivity index (χ3n) is 11.7. The number of rotatable bonds is 0. The molecule has 0 unspecified atom stereocenters. The van der Waals surface area contributed by atoms with Crippen LogP contribution in [0, 0.1) is 0 Å². The highest BCUT2D eigenvalue weighted by Crippen LogP contribution is 2.54. The van der Waals surface area contributed by atoms with Crippen LogP contribution < -0.4 is 0 Å². The van der Waals surface area contributed by atoms with E-state index in [2.05, 4.69) is 167 Å². The molecule has 2 heteroatoms. The first-order valence-corrected chi connectivity index (χ1v) is 17.5. The van der Waals surface area contributed by atoms with Crippen LogP contribution in [-0.2, 0) is 0 Å². The molecule has 13 rings (SSSR count). The summed E-state index contributed by atoms with van der Waals surface area (Å²) in [5, 5.41) is 10.6. The molecule has 0 atom stereocenters. The van der Waals surface area contributed by atoms with Crippen LogP contribution in [-0.4, -0.2) is 8.80 Å².